The van der Waals surface area contributed by atoms with E-state index in [9.17, 15) is 4.79 Å². The van der Waals surface area contributed by atoms with Crippen molar-refractivity contribution >= 4 is 23.1 Å². The van der Waals surface area contributed by atoms with E-state index >= 15 is 0 Å². The zero-order valence-electron chi connectivity index (χ0n) is 11.4. The molecule has 1 atom stereocenters. The monoisotopic (exact) mass is 289 g/mol. The van der Waals surface area contributed by atoms with E-state index in [1.54, 1.807) is 6.20 Å². The molecule has 0 saturated carbocycles. The summed E-state index contributed by atoms with van der Waals surface area (Å²) >= 11 is 1.81. The van der Waals surface area contributed by atoms with Crippen molar-refractivity contribution in [2.24, 2.45) is 0 Å². The average molecular weight is 289 g/mol. The Balaban J connectivity index is 1.85. The zero-order valence-corrected chi connectivity index (χ0v) is 12.2. The molecule has 104 valence electrons. The van der Waals surface area contributed by atoms with Gasteiger partial charge in [-0.15, -0.1) is 11.3 Å². The maximum atomic E-state index is 11.4. The smallest absolute Gasteiger partial charge is 0.358 e. The van der Waals surface area contributed by atoms with Crippen LogP contribution in [0, 0.1) is 0 Å². The first kappa shape index (κ1) is 13.1. The summed E-state index contributed by atoms with van der Waals surface area (Å²) < 4.78 is 4.63. The lowest BCUT2D eigenvalue weighted by Gasteiger charge is -2.34. The molecule has 0 aromatic carbocycles. The minimum atomic E-state index is -0.462. The number of nitrogens with zero attached hydrogens (tertiary/aromatic N) is 3. The Morgan fingerprint density at radius 2 is 2.30 bits per heavy atom. The number of carbonyl (C=O) groups is 1. The van der Waals surface area contributed by atoms with Crippen molar-refractivity contribution < 1.29 is 9.53 Å². The predicted octanol–water partition coefficient (Wildman–Crippen LogP) is 2.45. The minimum absolute atomic E-state index is 0.233. The third kappa shape index (κ3) is 2.16. The highest BCUT2D eigenvalue weighted by Crippen LogP contribution is 2.34. The molecule has 2 aromatic rings. The molecular formula is C14H15N3O2S. The van der Waals surface area contributed by atoms with Crippen molar-refractivity contribution in [1.82, 2.24) is 9.97 Å². The van der Waals surface area contributed by atoms with Crippen molar-refractivity contribution in [1.29, 1.82) is 0 Å². The van der Waals surface area contributed by atoms with Gasteiger partial charge in [-0.25, -0.2) is 14.8 Å². The molecular weight excluding hydrogens is 274 g/mol. The van der Waals surface area contributed by atoms with Crippen LogP contribution in [-0.2, 0) is 11.2 Å². The van der Waals surface area contributed by atoms with Crippen LogP contribution in [0.3, 0.4) is 0 Å². The van der Waals surface area contributed by atoms with Gasteiger partial charge in [0.05, 0.1) is 25.5 Å². The van der Waals surface area contributed by atoms with Gasteiger partial charge in [0.2, 0.25) is 0 Å². The molecule has 0 fully saturated rings. The van der Waals surface area contributed by atoms with Gasteiger partial charge in [-0.2, -0.15) is 0 Å². The summed E-state index contributed by atoms with van der Waals surface area (Å²) in [6.45, 7) is 3.08. The van der Waals surface area contributed by atoms with Gasteiger partial charge in [0.1, 0.15) is 5.82 Å². The van der Waals surface area contributed by atoms with E-state index in [1.807, 2.05) is 11.3 Å². The maximum Gasteiger partial charge on any atom is 0.358 e. The van der Waals surface area contributed by atoms with Crippen LogP contribution in [-0.4, -0.2) is 29.6 Å². The van der Waals surface area contributed by atoms with Crippen LogP contribution in [0.5, 0.6) is 0 Å². The van der Waals surface area contributed by atoms with E-state index in [1.165, 1.54) is 23.7 Å². The fraction of sp³-hybridized carbons (Fsp3) is 0.357. The number of hydrogen-bond acceptors (Lipinski definition) is 6. The molecule has 1 aliphatic heterocycles. The molecule has 3 heterocycles. The summed E-state index contributed by atoms with van der Waals surface area (Å²) in [5.74, 6) is 0.331. The van der Waals surface area contributed by atoms with Crippen LogP contribution >= 0.6 is 11.3 Å². The second kappa shape index (κ2) is 5.20. The van der Waals surface area contributed by atoms with E-state index < -0.39 is 5.97 Å². The van der Waals surface area contributed by atoms with Gasteiger partial charge in [0.25, 0.3) is 0 Å². The normalized spacial score (nSPS) is 17.7. The number of methoxy groups -OCH3 is 1. The highest BCUT2D eigenvalue weighted by Gasteiger charge is 2.26. The summed E-state index contributed by atoms with van der Waals surface area (Å²) in [7, 11) is 1.34. The van der Waals surface area contributed by atoms with Crippen LogP contribution < -0.4 is 4.90 Å². The standard InChI is InChI=1S/C14H15N3O2S/c1-9-10-4-6-20-12(10)3-5-17(9)13-8-15-11(7-16-13)14(18)19-2/h4,6-9H,3,5H2,1-2H3. The maximum absolute atomic E-state index is 11.4. The topological polar surface area (TPSA) is 55.3 Å². The molecule has 6 heteroatoms. The van der Waals surface area contributed by atoms with Crippen molar-refractivity contribution in [2.75, 3.05) is 18.6 Å². The van der Waals surface area contributed by atoms with E-state index in [4.69, 9.17) is 0 Å². The Bertz CT molecular complexity index is 624. The number of ether oxygens (including phenoxy) is 1. The third-order valence-corrected chi connectivity index (χ3v) is 4.60. The first-order valence-corrected chi connectivity index (χ1v) is 7.32. The third-order valence-electron chi connectivity index (χ3n) is 3.60. The van der Waals surface area contributed by atoms with Crippen molar-refractivity contribution in [3.05, 3.63) is 40.0 Å². The highest BCUT2D eigenvalue weighted by molar-refractivity contribution is 7.10. The Morgan fingerprint density at radius 1 is 1.45 bits per heavy atom. The van der Waals surface area contributed by atoms with Gasteiger partial charge in [-0.05, 0) is 30.4 Å². The Kier molecular flexibility index (Phi) is 3.40. The number of rotatable bonds is 2. The van der Waals surface area contributed by atoms with Crippen LogP contribution in [0.15, 0.2) is 23.8 Å². The fourth-order valence-corrected chi connectivity index (χ4v) is 3.46. The summed E-state index contributed by atoms with van der Waals surface area (Å²) in [6.07, 6.45) is 4.13. The second-order valence-corrected chi connectivity index (χ2v) is 5.67. The van der Waals surface area contributed by atoms with Crippen molar-refractivity contribution in [3.63, 3.8) is 0 Å². The molecule has 5 nitrogen and oxygen atoms in total. The minimum Gasteiger partial charge on any atom is -0.464 e. The lowest BCUT2D eigenvalue weighted by atomic mass is 10.0. The van der Waals surface area contributed by atoms with Gasteiger partial charge in [0.15, 0.2) is 5.69 Å². The molecule has 0 radical (unpaired) electrons. The molecule has 1 aliphatic rings. The zero-order chi connectivity index (χ0) is 14.1. The first-order valence-electron chi connectivity index (χ1n) is 6.44. The van der Waals surface area contributed by atoms with E-state index in [2.05, 4.69) is 38.0 Å². The molecule has 20 heavy (non-hydrogen) atoms. The number of anilines is 1. The highest BCUT2D eigenvalue weighted by atomic mass is 32.1. The largest absolute Gasteiger partial charge is 0.464 e. The molecule has 0 amide bonds. The van der Waals surface area contributed by atoms with Crippen LogP contribution in [0.4, 0.5) is 5.82 Å². The van der Waals surface area contributed by atoms with Gasteiger partial charge >= 0.3 is 5.97 Å². The SMILES string of the molecule is COC(=O)c1cnc(N2CCc3sccc3C2C)cn1. The summed E-state index contributed by atoms with van der Waals surface area (Å²) in [5.41, 5.74) is 1.59. The molecule has 0 bridgehead atoms. The van der Waals surface area contributed by atoms with E-state index in [0.717, 1.165) is 18.8 Å². The van der Waals surface area contributed by atoms with Crippen LogP contribution in [0.25, 0.3) is 0 Å². The summed E-state index contributed by atoms with van der Waals surface area (Å²) in [6, 6.07) is 2.45. The molecule has 1 unspecified atom stereocenters. The predicted molar refractivity (Wildman–Crippen MR) is 77.2 cm³/mol. The van der Waals surface area contributed by atoms with E-state index in [-0.39, 0.29) is 11.7 Å². The Morgan fingerprint density at radius 3 is 3.00 bits per heavy atom. The first-order chi connectivity index (χ1) is 9.70. The van der Waals surface area contributed by atoms with Crippen molar-refractivity contribution in [3.8, 4) is 0 Å². The van der Waals surface area contributed by atoms with Gasteiger partial charge < -0.3 is 9.64 Å². The fourth-order valence-electron chi connectivity index (χ4n) is 2.50. The quantitative estimate of drug-likeness (QED) is 0.795. The van der Waals surface area contributed by atoms with Crippen LogP contribution in [0.1, 0.15) is 33.9 Å². The number of carbonyl (C=O) groups excluding carboxylic acids is 1. The summed E-state index contributed by atoms with van der Waals surface area (Å²) in [5, 5.41) is 2.14. The number of fused-ring (bicyclic) bond motifs is 1. The average Bonchev–Trinajstić information content (AvgIpc) is 2.96. The van der Waals surface area contributed by atoms with Crippen LogP contribution in [0.2, 0.25) is 0 Å². The number of aromatic nitrogens is 2. The molecule has 2 aromatic heterocycles. The molecule has 0 N–H and O–H groups in total. The molecule has 3 rings (SSSR count). The van der Waals surface area contributed by atoms with Crippen molar-refractivity contribution in [2.45, 2.75) is 19.4 Å². The number of esters is 1. The van der Waals surface area contributed by atoms with Gasteiger partial charge in [-0.1, -0.05) is 0 Å². The lowest BCUT2D eigenvalue weighted by Crippen LogP contribution is -2.33. The molecule has 0 aliphatic carbocycles. The Hall–Kier alpha value is -1.95. The van der Waals surface area contributed by atoms with Gasteiger partial charge in [-0.3, -0.25) is 0 Å². The number of hydrogen-bond donors (Lipinski definition) is 0. The van der Waals surface area contributed by atoms with E-state index in [0.29, 0.717) is 0 Å². The Labute approximate surface area is 121 Å². The summed E-state index contributed by atoms with van der Waals surface area (Å²) in [4.78, 5) is 23.5. The lowest BCUT2D eigenvalue weighted by molar-refractivity contribution is 0.0593. The van der Waals surface area contributed by atoms with Gasteiger partial charge in [0, 0.05) is 11.4 Å². The molecule has 0 spiro atoms. The second-order valence-electron chi connectivity index (χ2n) is 4.67. The molecule has 0 saturated heterocycles. The number of thiophene rings is 1.